The molecule has 1 aromatic carbocycles. The summed E-state index contributed by atoms with van der Waals surface area (Å²) in [6, 6.07) is 5.42. The van der Waals surface area contributed by atoms with Gasteiger partial charge in [-0.15, -0.1) is 0 Å². The van der Waals surface area contributed by atoms with Crippen LogP contribution in [0.1, 0.15) is 26.2 Å². The number of benzene rings is 1. The van der Waals surface area contributed by atoms with E-state index in [9.17, 15) is 9.59 Å². The van der Waals surface area contributed by atoms with Crippen molar-refractivity contribution in [2.24, 2.45) is 5.92 Å². The Bertz CT molecular complexity index is 618. The third-order valence-electron chi connectivity index (χ3n) is 4.26. The number of nitrogens with zero attached hydrogens (tertiary/aromatic N) is 1. The zero-order valence-electron chi connectivity index (χ0n) is 11.7. The fourth-order valence-corrected chi connectivity index (χ4v) is 3.26. The monoisotopic (exact) mass is 370 g/mol. The predicted molar refractivity (Wildman–Crippen MR) is 85.4 cm³/mol. The van der Waals surface area contributed by atoms with E-state index < -0.39 is 5.54 Å². The van der Waals surface area contributed by atoms with Crippen LogP contribution in [0.3, 0.4) is 0 Å². The fraction of sp³-hybridized carbons (Fsp3) is 0.467. The molecule has 0 radical (unpaired) electrons. The average molecular weight is 372 g/mol. The van der Waals surface area contributed by atoms with Gasteiger partial charge in [0.25, 0.3) is 5.91 Å². The molecule has 1 saturated heterocycles. The largest absolute Gasteiger partial charge is 0.342 e. The van der Waals surface area contributed by atoms with Crippen LogP contribution in [0.4, 0.5) is 5.69 Å². The minimum atomic E-state index is -0.798. The van der Waals surface area contributed by atoms with Crippen LogP contribution in [0.15, 0.2) is 22.7 Å². The minimum Gasteiger partial charge on any atom is -0.342 e. The van der Waals surface area contributed by atoms with Crippen molar-refractivity contribution < 1.29 is 9.59 Å². The molecular weight excluding hydrogens is 356 g/mol. The molecule has 1 saturated carbocycles. The van der Waals surface area contributed by atoms with Crippen LogP contribution in [-0.2, 0) is 9.59 Å². The summed E-state index contributed by atoms with van der Waals surface area (Å²) >= 11 is 9.48. The Morgan fingerprint density at radius 1 is 1.38 bits per heavy atom. The van der Waals surface area contributed by atoms with Gasteiger partial charge in [-0.25, -0.2) is 0 Å². The molecule has 1 aliphatic carbocycles. The Morgan fingerprint density at radius 2 is 2.10 bits per heavy atom. The molecule has 112 valence electrons. The average Bonchev–Trinajstić information content (AvgIpc) is 3.26. The molecule has 1 N–H and O–H groups in total. The molecule has 2 amide bonds. The van der Waals surface area contributed by atoms with Gasteiger partial charge in [0.2, 0.25) is 5.91 Å². The molecule has 1 aliphatic heterocycles. The van der Waals surface area contributed by atoms with Crippen LogP contribution in [0.25, 0.3) is 0 Å². The van der Waals surface area contributed by atoms with Crippen LogP contribution in [0.5, 0.6) is 0 Å². The van der Waals surface area contributed by atoms with Crippen molar-refractivity contribution in [1.29, 1.82) is 0 Å². The number of halogens is 2. The second kappa shape index (κ2) is 5.29. The molecule has 1 aromatic rings. The molecule has 2 aliphatic rings. The summed E-state index contributed by atoms with van der Waals surface area (Å²) in [7, 11) is 0. The van der Waals surface area contributed by atoms with E-state index in [2.05, 4.69) is 21.2 Å². The number of nitrogens with one attached hydrogen (secondary N) is 1. The summed E-state index contributed by atoms with van der Waals surface area (Å²) < 4.78 is 0.786. The topological polar surface area (TPSA) is 49.4 Å². The van der Waals surface area contributed by atoms with Gasteiger partial charge in [0.05, 0.1) is 5.02 Å². The number of amides is 2. The Balaban J connectivity index is 1.98. The minimum absolute atomic E-state index is 0.0470. The Labute approximate surface area is 137 Å². The van der Waals surface area contributed by atoms with Crippen molar-refractivity contribution in [1.82, 2.24) is 5.32 Å². The van der Waals surface area contributed by atoms with E-state index in [0.29, 0.717) is 18.0 Å². The van der Waals surface area contributed by atoms with Gasteiger partial charge in [0.15, 0.2) is 0 Å². The highest BCUT2D eigenvalue weighted by Crippen LogP contribution is 2.42. The van der Waals surface area contributed by atoms with Gasteiger partial charge in [0, 0.05) is 23.1 Å². The number of anilines is 1. The Kier molecular flexibility index (Phi) is 3.74. The lowest BCUT2D eigenvalue weighted by atomic mass is 9.94. The molecule has 6 heteroatoms. The van der Waals surface area contributed by atoms with Crippen LogP contribution in [0.2, 0.25) is 5.02 Å². The van der Waals surface area contributed by atoms with Crippen LogP contribution >= 0.6 is 27.5 Å². The maximum Gasteiger partial charge on any atom is 0.252 e. The molecule has 1 heterocycles. The van der Waals surface area contributed by atoms with E-state index in [1.807, 2.05) is 19.1 Å². The maximum absolute atomic E-state index is 12.9. The van der Waals surface area contributed by atoms with E-state index in [4.69, 9.17) is 11.6 Å². The number of carbonyl (C=O) groups excluding carboxylic acids is 2. The van der Waals surface area contributed by atoms with Crippen LogP contribution in [-0.4, -0.2) is 23.9 Å². The molecule has 2 fully saturated rings. The first-order valence-electron chi connectivity index (χ1n) is 7.00. The lowest BCUT2D eigenvalue weighted by Crippen LogP contribution is -2.56. The summed E-state index contributed by atoms with van der Waals surface area (Å²) in [5, 5.41) is 3.47. The highest BCUT2D eigenvalue weighted by atomic mass is 79.9. The van der Waals surface area contributed by atoms with Crippen molar-refractivity contribution in [2.75, 3.05) is 11.4 Å². The van der Waals surface area contributed by atoms with E-state index in [-0.39, 0.29) is 17.7 Å². The van der Waals surface area contributed by atoms with Gasteiger partial charge in [0.1, 0.15) is 5.54 Å². The molecule has 4 nitrogen and oxygen atoms in total. The smallest absolute Gasteiger partial charge is 0.252 e. The zero-order chi connectivity index (χ0) is 15.2. The molecular formula is C15H16BrClN2O2. The van der Waals surface area contributed by atoms with Gasteiger partial charge in [-0.3, -0.25) is 9.59 Å². The second-order valence-electron chi connectivity index (χ2n) is 5.83. The van der Waals surface area contributed by atoms with E-state index in [1.54, 1.807) is 11.0 Å². The standard InChI is InChI=1S/C15H16BrClN2O2/c1-15(9-2-3-9)14(21)19(7-6-13(20)18-15)10-4-5-11(16)12(17)8-10/h4-5,8-9H,2-3,6-7H2,1H3,(H,18,20). The fourth-order valence-electron chi connectivity index (χ4n) is 2.84. The summed E-state index contributed by atoms with van der Waals surface area (Å²) in [5.74, 6) is 0.123. The number of hydrogen-bond donors (Lipinski definition) is 1. The summed E-state index contributed by atoms with van der Waals surface area (Å²) in [6.45, 7) is 2.22. The molecule has 0 bridgehead atoms. The van der Waals surface area contributed by atoms with Gasteiger partial charge in [-0.1, -0.05) is 11.6 Å². The number of hydrogen-bond acceptors (Lipinski definition) is 2. The first-order valence-corrected chi connectivity index (χ1v) is 8.17. The molecule has 1 unspecified atom stereocenters. The third-order valence-corrected chi connectivity index (χ3v) is 5.49. The lowest BCUT2D eigenvalue weighted by Gasteiger charge is -2.32. The zero-order valence-corrected chi connectivity index (χ0v) is 14.0. The molecule has 3 rings (SSSR count). The molecule has 21 heavy (non-hydrogen) atoms. The van der Waals surface area contributed by atoms with Crippen molar-refractivity contribution in [3.05, 3.63) is 27.7 Å². The lowest BCUT2D eigenvalue weighted by molar-refractivity contribution is -0.130. The highest BCUT2D eigenvalue weighted by Gasteiger charge is 2.51. The van der Waals surface area contributed by atoms with Gasteiger partial charge in [-0.2, -0.15) is 0 Å². The van der Waals surface area contributed by atoms with Crippen molar-refractivity contribution in [2.45, 2.75) is 31.7 Å². The van der Waals surface area contributed by atoms with Crippen molar-refractivity contribution in [3.8, 4) is 0 Å². The van der Waals surface area contributed by atoms with Gasteiger partial charge >= 0.3 is 0 Å². The van der Waals surface area contributed by atoms with Crippen LogP contribution in [0, 0.1) is 5.92 Å². The summed E-state index contributed by atoms with van der Waals surface area (Å²) in [6.07, 6.45) is 2.27. The maximum atomic E-state index is 12.9. The second-order valence-corrected chi connectivity index (χ2v) is 7.09. The third kappa shape index (κ3) is 2.69. The predicted octanol–water partition coefficient (Wildman–Crippen LogP) is 3.12. The van der Waals surface area contributed by atoms with Crippen molar-refractivity contribution in [3.63, 3.8) is 0 Å². The quantitative estimate of drug-likeness (QED) is 0.868. The number of carbonyl (C=O) groups is 2. The van der Waals surface area contributed by atoms with Gasteiger partial charge in [-0.05, 0) is 59.8 Å². The summed E-state index contributed by atoms with van der Waals surface area (Å²) in [5.41, 5.74) is -0.0655. The molecule has 0 aromatic heterocycles. The SMILES string of the molecule is CC1(C2CC2)NC(=O)CCN(c2ccc(Br)c(Cl)c2)C1=O. The summed E-state index contributed by atoms with van der Waals surface area (Å²) in [4.78, 5) is 26.6. The molecule has 1 atom stereocenters. The highest BCUT2D eigenvalue weighted by molar-refractivity contribution is 9.10. The Hall–Kier alpha value is -1.07. The first-order chi connectivity index (χ1) is 9.91. The Morgan fingerprint density at radius 3 is 2.71 bits per heavy atom. The van der Waals surface area contributed by atoms with E-state index >= 15 is 0 Å². The van der Waals surface area contributed by atoms with E-state index in [0.717, 1.165) is 23.0 Å². The van der Waals surface area contributed by atoms with Crippen LogP contribution < -0.4 is 10.2 Å². The van der Waals surface area contributed by atoms with E-state index in [1.165, 1.54) is 0 Å². The van der Waals surface area contributed by atoms with Crippen molar-refractivity contribution >= 4 is 45.0 Å². The number of rotatable bonds is 2. The first kappa shape index (κ1) is 14.9. The van der Waals surface area contributed by atoms with Gasteiger partial charge < -0.3 is 10.2 Å². The molecule has 0 spiro atoms. The normalized spacial score (nSPS) is 26.5.